The van der Waals surface area contributed by atoms with Gasteiger partial charge in [-0.3, -0.25) is 9.59 Å². The van der Waals surface area contributed by atoms with Gasteiger partial charge in [-0.25, -0.2) is 0 Å². The molecule has 0 saturated carbocycles. The molecular formula is C19H22N2O3. The predicted octanol–water partition coefficient (Wildman–Crippen LogP) is 2.79. The average Bonchev–Trinajstić information content (AvgIpc) is 2.59. The van der Waals surface area contributed by atoms with Gasteiger partial charge in [-0.05, 0) is 37.3 Å². The third-order valence-electron chi connectivity index (χ3n) is 3.68. The topological polar surface area (TPSA) is 58.6 Å². The van der Waals surface area contributed by atoms with Crippen LogP contribution in [0.5, 0.6) is 5.75 Å². The molecule has 0 aliphatic rings. The normalized spacial score (nSPS) is 10.1. The predicted molar refractivity (Wildman–Crippen MR) is 94.5 cm³/mol. The van der Waals surface area contributed by atoms with Gasteiger partial charge in [-0.1, -0.05) is 23.8 Å². The monoisotopic (exact) mass is 326 g/mol. The molecule has 0 unspecified atom stereocenters. The van der Waals surface area contributed by atoms with E-state index in [0.29, 0.717) is 24.4 Å². The Morgan fingerprint density at radius 1 is 1.12 bits per heavy atom. The van der Waals surface area contributed by atoms with Crippen LogP contribution in [0.1, 0.15) is 22.8 Å². The van der Waals surface area contributed by atoms with Crippen molar-refractivity contribution < 1.29 is 14.3 Å². The number of nitrogens with one attached hydrogen (secondary N) is 1. The minimum atomic E-state index is -0.193. The SMILES string of the molecule is COc1cccc(C(=O)NCCN(C(C)=O)c2ccc(C)cc2)c1. The van der Waals surface area contributed by atoms with Crippen molar-refractivity contribution in [1.29, 1.82) is 0 Å². The summed E-state index contributed by atoms with van der Waals surface area (Å²) in [6.07, 6.45) is 0. The number of benzene rings is 2. The summed E-state index contributed by atoms with van der Waals surface area (Å²) in [5, 5.41) is 2.83. The molecule has 1 N–H and O–H groups in total. The molecule has 0 bridgehead atoms. The number of hydrogen-bond donors (Lipinski definition) is 1. The van der Waals surface area contributed by atoms with Gasteiger partial charge in [0.25, 0.3) is 5.91 Å². The van der Waals surface area contributed by atoms with Crippen molar-refractivity contribution in [3.05, 3.63) is 59.7 Å². The zero-order valence-corrected chi connectivity index (χ0v) is 14.2. The van der Waals surface area contributed by atoms with Crippen molar-refractivity contribution in [2.45, 2.75) is 13.8 Å². The summed E-state index contributed by atoms with van der Waals surface area (Å²) in [5.74, 6) is 0.378. The highest BCUT2D eigenvalue weighted by atomic mass is 16.5. The smallest absolute Gasteiger partial charge is 0.251 e. The van der Waals surface area contributed by atoms with Gasteiger partial charge in [0, 0.05) is 31.3 Å². The van der Waals surface area contributed by atoms with E-state index in [-0.39, 0.29) is 11.8 Å². The maximum Gasteiger partial charge on any atom is 0.251 e. The summed E-state index contributed by atoms with van der Waals surface area (Å²) in [6.45, 7) is 4.29. The summed E-state index contributed by atoms with van der Waals surface area (Å²) >= 11 is 0. The van der Waals surface area contributed by atoms with Crippen LogP contribution in [0.2, 0.25) is 0 Å². The van der Waals surface area contributed by atoms with E-state index in [4.69, 9.17) is 4.74 Å². The lowest BCUT2D eigenvalue weighted by molar-refractivity contribution is -0.116. The number of anilines is 1. The van der Waals surface area contributed by atoms with Gasteiger partial charge in [-0.15, -0.1) is 0 Å². The van der Waals surface area contributed by atoms with Crippen molar-refractivity contribution >= 4 is 17.5 Å². The maximum atomic E-state index is 12.2. The maximum absolute atomic E-state index is 12.2. The first-order valence-corrected chi connectivity index (χ1v) is 7.78. The molecule has 0 radical (unpaired) electrons. The summed E-state index contributed by atoms with van der Waals surface area (Å²) in [6, 6.07) is 14.7. The van der Waals surface area contributed by atoms with Crippen LogP contribution in [-0.4, -0.2) is 32.0 Å². The lowest BCUT2D eigenvalue weighted by atomic mass is 10.2. The first-order valence-electron chi connectivity index (χ1n) is 7.78. The van der Waals surface area contributed by atoms with Gasteiger partial charge in [0.1, 0.15) is 5.75 Å². The molecule has 126 valence electrons. The molecule has 0 heterocycles. The Morgan fingerprint density at radius 3 is 2.46 bits per heavy atom. The summed E-state index contributed by atoms with van der Waals surface area (Å²) in [4.78, 5) is 25.7. The van der Waals surface area contributed by atoms with Crippen molar-refractivity contribution in [1.82, 2.24) is 5.32 Å². The molecule has 5 nitrogen and oxygen atoms in total. The van der Waals surface area contributed by atoms with Crippen molar-refractivity contribution in [3.8, 4) is 5.75 Å². The number of methoxy groups -OCH3 is 1. The zero-order valence-electron chi connectivity index (χ0n) is 14.2. The molecule has 2 aromatic carbocycles. The second kappa shape index (κ2) is 8.15. The third-order valence-corrected chi connectivity index (χ3v) is 3.68. The average molecular weight is 326 g/mol. The molecule has 0 fully saturated rings. The van der Waals surface area contributed by atoms with E-state index < -0.39 is 0 Å². The molecule has 0 spiro atoms. The molecule has 0 atom stereocenters. The van der Waals surface area contributed by atoms with Crippen molar-refractivity contribution in [2.24, 2.45) is 0 Å². The fourth-order valence-electron chi connectivity index (χ4n) is 2.34. The molecule has 0 aliphatic carbocycles. The van der Waals surface area contributed by atoms with Crippen LogP contribution in [0.3, 0.4) is 0 Å². The Labute approximate surface area is 142 Å². The Kier molecular flexibility index (Phi) is 5.95. The highest BCUT2D eigenvalue weighted by Crippen LogP contribution is 2.15. The molecule has 5 heteroatoms. The van der Waals surface area contributed by atoms with E-state index >= 15 is 0 Å². The quantitative estimate of drug-likeness (QED) is 0.888. The van der Waals surface area contributed by atoms with E-state index in [1.807, 2.05) is 31.2 Å². The fraction of sp³-hybridized carbons (Fsp3) is 0.263. The van der Waals surface area contributed by atoms with Gasteiger partial charge >= 0.3 is 0 Å². The highest BCUT2D eigenvalue weighted by molar-refractivity contribution is 5.95. The fourth-order valence-corrected chi connectivity index (χ4v) is 2.34. The minimum Gasteiger partial charge on any atom is -0.497 e. The van der Waals surface area contributed by atoms with Crippen LogP contribution in [0.25, 0.3) is 0 Å². The standard InChI is InChI=1S/C19H22N2O3/c1-14-7-9-17(10-8-14)21(15(2)22)12-11-20-19(23)16-5-4-6-18(13-16)24-3/h4-10,13H,11-12H2,1-3H3,(H,20,23). The highest BCUT2D eigenvalue weighted by Gasteiger charge is 2.12. The summed E-state index contributed by atoms with van der Waals surface area (Å²) in [7, 11) is 1.56. The number of hydrogen-bond acceptors (Lipinski definition) is 3. The van der Waals surface area contributed by atoms with Crippen molar-refractivity contribution in [2.75, 3.05) is 25.1 Å². The van der Waals surface area contributed by atoms with E-state index in [1.54, 1.807) is 36.3 Å². The Hall–Kier alpha value is -2.82. The van der Waals surface area contributed by atoms with Gasteiger partial charge in [0.15, 0.2) is 0 Å². The minimum absolute atomic E-state index is 0.0607. The number of rotatable bonds is 6. The summed E-state index contributed by atoms with van der Waals surface area (Å²) in [5.41, 5.74) is 2.48. The zero-order chi connectivity index (χ0) is 17.5. The molecule has 24 heavy (non-hydrogen) atoms. The number of nitrogens with zero attached hydrogens (tertiary/aromatic N) is 1. The first-order chi connectivity index (χ1) is 11.5. The van der Waals surface area contributed by atoms with E-state index in [1.165, 1.54) is 6.92 Å². The van der Waals surface area contributed by atoms with Crippen molar-refractivity contribution in [3.63, 3.8) is 0 Å². The number of carbonyl (C=O) groups excluding carboxylic acids is 2. The molecule has 2 amide bonds. The van der Waals surface area contributed by atoms with Crippen LogP contribution >= 0.6 is 0 Å². The Morgan fingerprint density at radius 2 is 1.83 bits per heavy atom. The van der Waals surface area contributed by atoms with Gasteiger partial charge in [0.05, 0.1) is 7.11 Å². The number of ether oxygens (including phenoxy) is 1. The van der Waals surface area contributed by atoms with Gasteiger partial charge in [0.2, 0.25) is 5.91 Å². The number of amides is 2. The number of carbonyl (C=O) groups is 2. The van der Waals surface area contributed by atoms with Gasteiger partial charge < -0.3 is 15.0 Å². The van der Waals surface area contributed by atoms with Crippen LogP contribution in [0.15, 0.2) is 48.5 Å². The van der Waals surface area contributed by atoms with E-state index in [9.17, 15) is 9.59 Å². The molecular weight excluding hydrogens is 304 g/mol. The molecule has 0 saturated heterocycles. The van der Waals surface area contributed by atoms with Crippen LogP contribution < -0.4 is 15.0 Å². The van der Waals surface area contributed by atoms with Crippen LogP contribution in [0, 0.1) is 6.92 Å². The van der Waals surface area contributed by atoms with Crippen LogP contribution in [0.4, 0.5) is 5.69 Å². The molecule has 2 aromatic rings. The van der Waals surface area contributed by atoms with E-state index in [2.05, 4.69) is 5.32 Å². The first kappa shape index (κ1) is 17.5. The molecule has 2 rings (SSSR count). The second-order valence-corrected chi connectivity index (χ2v) is 5.49. The molecule has 0 aliphatic heterocycles. The molecule has 0 aromatic heterocycles. The van der Waals surface area contributed by atoms with Gasteiger partial charge in [-0.2, -0.15) is 0 Å². The second-order valence-electron chi connectivity index (χ2n) is 5.49. The Bertz CT molecular complexity index is 711. The lowest BCUT2D eigenvalue weighted by Gasteiger charge is -2.21. The van der Waals surface area contributed by atoms with E-state index in [0.717, 1.165) is 11.3 Å². The third kappa shape index (κ3) is 4.59. The largest absolute Gasteiger partial charge is 0.497 e. The number of aryl methyl sites for hydroxylation is 1. The van der Waals surface area contributed by atoms with Crippen LogP contribution in [-0.2, 0) is 4.79 Å². The lowest BCUT2D eigenvalue weighted by Crippen LogP contribution is -2.37. The summed E-state index contributed by atoms with van der Waals surface area (Å²) < 4.78 is 5.11. The Balaban J connectivity index is 1.96.